The third kappa shape index (κ3) is 4.53. The van der Waals surface area contributed by atoms with Gasteiger partial charge in [0.1, 0.15) is 11.3 Å². The van der Waals surface area contributed by atoms with Gasteiger partial charge in [-0.05, 0) is 57.7 Å². The van der Waals surface area contributed by atoms with Crippen LogP contribution in [-0.2, 0) is 4.74 Å². The average molecular weight is 440 g/mol. The molecular weight excluding hydrogens is 406 g/mol. The first-order valence-electron chi connectivity index (χ1n) is 11.6. The number of allylic oxidation sites excluding steroid dienone is 3. The minimum atomic E-state index is -1.19. The number of nitrogens with one attached hydrogen (secondary N) is 1. The van der Waals surface area contributed by atoms with Crippen LogP contribution in [0.5, 0.6) is 0 Å². The van der Waals surface area contributed by atoms with E-state index in [1.165, 1.54) is 19.0 Å². The van der Waals surface area contributed by atoms with Crippen LogP contribution < -0.4 is 21.3 Å². The van der Waals surface area contributed by atoms with Gasteiger partial charge in [-0.15, -0.1) is 0 Å². The number of fused-ring (bicyclic) bond motifs is 1. The van der Waals surface area contributed by atoms with E-state index in [0.717, 1.165) is 55.5 Å². The molecule has 0 spiro atoms. The van der Waals surface area contributed by atoms with Crippen molar-refractivity contribution in [1.82, 2.24) is 14.8 Å². The van der Waals surface area contributed by atoms with Gasteiger partial charge in [0.2, 0.25) is 5.43 Å². The summed E-state index contributed by atoms with van der Waals surface area (Å²) in [4.78, 5) is 27.1. The first-order chi connectivity index (χ1) is 15.4. The molecule has 7 heteroatoms. The Morgan fingerprint density at radius 3 is 2.69 bits per heavy atom. The summed E-state index contributed by atoms with van der Waals surface area (Å²) >= 11 is 0. The zero-order valence-corrected chi connectivity index (χ0v) is 19.2. The van der Waals surface area contributed by atoms with Crippen molar-refractivity contribution in [2.45, 2.75) is 58.0 Å². The third-order valence-corrected chi connectivity index (χ3v) is 6.48. The van der Waals surface area contributed by atoms with Crippen molar-refractivity contribution >= 4 is 18.1 Å². The molecule has 1 aromatic heterocycles. The number of nitrogens with zero attached hydrogens (tertiary/aromatic N) is 2. The number of rotatable bonds is 4. The molecule has 0 amide bonds. The van der Waals surface area contributed by atoms with Crippen molar-refractivity contribution in [3.63, 3.8) is 0 Å². The molecule has 2 N–H and O–H groups in total. The lowest BCUT2D eigenvalue weighted by molar-refractivity contribution is 0.0694. The normalized spacial score (nSPS) is 24.8. The highest BCUT2D eigenvalue weighted by molar-refractivity contribution is 5.87. The zero-order chi connectivity index (χ0) is 22.8. The Morgan fingerprint density at radius 2 is 2.00 bits per heavy atom. The van der Waals surface area contributed by atoms with Crippen molar-refractivity contribution in [2.24, 2.45) is 0 Å². The van der Waals surface area contributed by atoms with E-state index in [9.17, 15) is 14.7 Å². The van der Waals surface area contributed by atoms with Gasteiger partial charge in [0.05, 0.1) is 18.2 Å². The van der Waals surface area contributed by atoms with Crippen molar-refractivity contribution < 1.29 is 14.6 Å². The second-order valence-corrected chi connectivity index (χ2v) is 9.05. The van der Waals surface area contributed by atoms with E-state index in [2.05, 4.69) is 17.1 Å². The highest BCUT2D eigenvalue weighted by Crippen LogP contribution is 2.33. The van der Waals surface area contributed by atoms with Gasteiger partial charge in [-0.2, -0.15) is 0 Å². The third-order valence-electron chi connectivity index (χ3n) is 6.48. The first kappa shape index (κ1) is 22.4. The van der Waals surface area contributed by atoms with Gasteiger partial charge in [-0.25, -0.2) is 4.79 Å². The molecule has 1 aliphatic heterocycles. The maximum absolute atomic E-state index is 13.0. The number of methoxy groups -OCH3 is 1. The highest BCUT2D eigenvalue weighted by Gasteiger charge is 2.27. The van der Waals surface area contributed by atoms with Gasteiger partial charge in [-0.1, -0.05) is 12.5 Å². The van der Waals surface area contributed by atoms with E-state index in [1.54, 1.807) is 13.2 Å². The van der Waals surface area contributed by atoms with E-state index in [-0.39, 0.29) is 11.6 Å². The molecule has 1 saturated carbocycles. The molecule has 2 aliphatic carbocycles. The lowest BCUT2D eigenvalue weighted by Gasteiger charge is -2.31. The van der Waals surface area contributed by atoms with Crippen molar-refractivity contribution in [2.75, 3.05) is 26.7 Å². The monoisotopic (exact) mass is 439 g/mol. The fourth-order valence-electron chi connectivity index (χ4n) is 4.67. The Hall–Kier alpha value is -2.80. The lowest BCUT2D eigenvalue weighted by atomic mass is 10.1. The first-order valence-corrected chi connectivity index (χ1v) is 11.6. The van der Waals surface area contributed by atoms with Crippen LogP contribution in [0.2, 0.25) is 0 Å². The second kappa shape index (κ2) is 9.36. The minimum absolute atomic E-state index is 0.185. The summed E-state index contributed by atoms with van der Waals surface area (Å²) in [5.41, 5.74) is 1.38. The molecule has 1 atom stereocenters. The van der Waals surface area contributed by atoms with Gasteiger partial charge in [0, 0.05) is 42.7 Å². The molecule has 1 aromatic rings. The number of carboxylic acids is 1. The molecule has 3 aliphatic rings. The maximum atomic E-state index is 13.0. The molecule has 2 fully saturated rings. The summed E-state index contributed by atoms with van der Waals surface area (Å²) in [5.74, 6) is -0.485. The minimum Gasteiger partial charge on any atom is -0.494 e. The van der Waals surface area contributed by atoms with Crippen molar-refractivity contribution in [3.05, 3.63) is 55.7 Å². The summed E-state index contributed by atoms with van der Waals surface area (Å²) in [5, 5.41) is 14.3. The predicted molar refractivity (Wildman–Crippen MR) is 125 cm³/mol. The molecule has 172 valence electrons. The molecule has 0 radical (unpaired) electrons. The van der Waals surface area contributed by atoms with Gasteiger partial charge in [0.25, 0.3) is 0 Å². The Balaban J connectivity index is 1.94. The summed E-state index contributed by atoms with van der Waals surface area (Å²) in [6, 6.07) is 0.559. The Labute approximate surface area is 188 Å². The molecule has 4 rings (SSSR count). The summed E-state index contributed by atoms with van der Waals surface area (Å²) < 4.78 is 7.86. The SMILES string of the molecule is COC1=C(N2CCCCCNC(C)C2)/C(C)=C\C=c2\c(=O)c(C(=O)O)cn(C3CC3)c2=C1. The van der Waals surface area contributed by atoms with Gasteiger partial charge < -0.3 is 24.6 Å². The number of aromatic nitrogens is 1. The average Bonchev–Trinajstić information content (AvgIpc) is 3.57. The van der Waals surface area contributed by atoms with Crippen LogP contribution in [0, 0.1) is 0 Å². The Morgan fingerprint density at radius 1 is 1.22 bits per heavy atom. The largest absolute Gasteiger partial charge is 0.494 e. The van der Waals surface area contributed by atoms with Gasteiger partial charge in [0.15, 0.2) is 0 Å². The van der Waals surface area contributed by atoms with E-state index >= 15 is 0 Å². The van der Waals surface area contributed by atoms with Crippen LogP contribution in [0.25, 0.3) is 12.2 Å². The van der Waals surface area contributed by atoms with Crippen LogP contribution >= 0.6 is 0 Å². The molecule has 0 aromatic carbocycles. The fourth-order valence-corrected chi connectivity index (χ4v) is 4.67. The van der Waals surface area contributed by atoms with E-state index in [0.29, 0.717) is 17.0 Å². The van der Waals surface area contributed by atoms with Crippen LogP contribution in [-0.4, -0.2) is 53.3 Å². The fraction of sp³-hybridized carbons (Fsp3) is 0.520. The molecule has 2 heterocycles. The number of carboxylic acid groups (broad SMARTS) is 1. The molecule has 0 bridgehead atoms. The van der Waals surface area contributed by atoms with Crippen LogP contribution in [0.15, 0.2) is 34.1 Å². The van der Waals surface area contributed by atoms with Crippen LogP contribution in [0.1, 0.15) is 62.4 Å². The number of hydrogen-bond acceptors (Lipinski definition) is 5. The van der Waals surface area contributed by atoms with Crippen LogP contribution in [0.3, 0.4) is 0 Å². The maximum Gasteiger partial charge on any atom is 0.341 e. The highest BCUT2D eigenvalue weighted by atomic mass is 16.5. The number of hydrogen-bond donors (Lipinski definition) is 2. The molecular formula is C25H33N3O4. The molecule has 7 nitrogen and oxygen atoms in total. The molecule has 32 heavy (non-hydrogen) atoms. The predicted octanol–water partition coefficient (Wildman–Crippen LogP) is 1.72. The van der Waals surface area contributed by atoms with Gasteiger partial charge >= 0.3 is 5.97 Å². The van der Waals surface area contributed by atoms with E-state index < -0.39 is 11.4 Å². The second-order valence-electron chi connectivity index (χ2n) is 9.05. The summed E-state index contributed by atoms with van der Waals surface area (Å²) in [6.07, 6.45) is 12.5. The summed E-state index contributed by atoms with van der Waals surface area (Å²) in [6.45, 7) is 7.06. The topological polar surface area (TPSA) is 83.8 Å². The van der Waals surface area contributed by atoms with Gasteiger partial charge in [-0.3, -0.25) is 4.79 Å². The quantitative estimate of drug-likeness (QED) is 0.743. The Kier molecular flexibility index (Phi) is 6.55. The van der Waals surface area contributed by atoms with E-state index in [4.69, 9.17) is 4.74 Å². The van der Waals surface area contributed by atoms with Crippen molar-refractivity contribution in [1.29, 1.82) is 0 Å². The lowest BCUT2D eigenvalue weighted by Crippen LogP contribution is -2.48. The van der Waals surface area contributed by atoms with Crippen molar-refractivity contribution in [3.8, 4) is 0 Å². The molecule has 1 saturated heterocycles. The standard InChI is InChI=1S/C25H33N3O4/c1-16-7-10-19-21(28(18-8-9-18)15-20(24(19)29)25(30)31)13-22(32-3)23(16)27-12-6-4-5-11-26-17(2)14-27/h7,10,13,15,17-18,26H,4-6,8-9,11-12,14H2,1-3H3,(H,30,31)/b10-7?,16-7-,19-10+,21-13?,22-13?,23-16?,23-22?. The Bertz CT molecular complexity index is 1140. The number of pyridine rings is 1. The van der Waals surface area contributed by atoms with Crippen LogP contribution in [0.4, 0.5) is 0 Å². The molecule has 1 unspecified atom stereocenters. The zero-order valence-electron chi connectivity index (χ0n) is 19.2. The number of ether oxygens (including phenoxy) is 1. The smallest absolute Gasteiger partial charge is 0.341 e. The number of aromatic carboxylic acids is 1. The number of carbonyl (C=O) groups is 1. The summed E-state index contributed by atoms with van der Waals surface area (Å²) in [7, 11) is 1.66. The van der Waals surface area contributed by atoms with E-state index in [1.807, 2.05) is 23.6 Å².